The van der Waals surface area contributed by atoms with Crippen LogP contribution in [0.4, 0.5) is 0 Å². The van der Waals surface area contributed by atoms with Gasteiger partial charge in [0.2, 0.25) is 5.91 Å². The van der Waals surface area contributed by atoms with Crippen molar-refractivity contribution >= 4 is 11.9 Å². The number of carbonyl (C=O) groups excluding carboxylic acids is 2. The SMILES string of the molecule is CCCCC/C=C\C/C=C\CCCCCCCCCCCCC(O)C(=O)NC(COC1OC(CO)C(O)C(O)C1OC(=O)CCCCCCCCCCCCCCCCC)C(O)/C=C/CCCCCCCCCCCCC. The van der Waals surface area contributed by atoms with Crippen LogP contribution in [-0.4, -0.2) is 99.6 Å². The van der Waals surface area contributed by atoms with Crippen molar-refractivity contribution in [2.45, 2.75) is 359 Å². The van der Waals surface area contributed by atoms with E-state index in [0.717, 1.165) is 70.6 Å². The summed E-state index contributed by atoms with van der Waals surface area (Å²) in [4.78, 5) is 26.6. The number of aliphatic hydroxyl groups is 5. The van der Waals surface area contributed by atoms with Crippen LogP contribution in [0.3, 0.4) is 0 Å². The molecule has 0 aromatic carbocycles. The Labute approximate surface area is 473 Å². The van der Waals surface area contributed by atoms with E-state index in [2.05, 4.69) is 50.4 Å². The first-order chi connectivity index (χ1) is 37.7. The number of allylic oxidation sites excluding steroid dienone is 5. The highest BCUT2D eigenvalue weighted by Gasteiger charge is 2.47. The second kappa shape index (κ2) is 54.5. The summed E-state index contributed by atoms with van der Waals surface area (Å²) in [6, 6.07) is -1.02. The molecule has 6 N–H and O–H groups in total. The van der Waals surface area contributed by atoms with Crippen molar-refractivity contribution in [2.75, 3.05) is 13.2 Å². The number of hydrogen-bond donors (Lipinski definition) is 6. The van der Waals surface area contributed by atoms with Crippen LogP contribution in [-0.2, 0) is 23.8 Å². The minimum atomic E-state index is -1.61. The standard InChI is InChI=1S/C66H123NO10/c1-4-7-10-13-16-19-22-25-27-28-29-30-31-33-35-38-41-44-47-50-53-59(70)65(74)67-57(58(69)52-49-46-43-40-37-34-24-21-18-15-12-9-6-3)56-75-66-64(63(73)62(72)60(55-68)76-66)77-61(71)54-51-48-45-42-39-36-32-26-23-20-17-14-11-8-5-2/h16,19,25,27,49,52,57-60,62-64,66,68-70,72-73H,4-15,17-18,20-24,26,28-48,50-51,53-56H2,1-3H3,(H,67,74)/b19-16-,27-25-,52-49+. The average molecular weight is 1090 g/mol. The smallest absolute Gasteiger partial charge is 0.306 e. The molecule has 1 rings (SSSR count). The Morgan fingerprint density at radius 1 is 0.506 bits per heavy atom. The molecule has 8 atom stereocenters. The number of aliphatic hydroxyl groups excluding tert-OH is 5. The molecule has 0 aromatic rings. The summed E-state index contributed by atoms with van der Waals surface area (Å²) < 4.78 is 17.7. The van der Waals surface area contributed by atoms with Crippen molar-refractivity contribution in [3.63, 3.8) is 0 Å². The van der Waals surface area contributed by atoms with E-state index in [1.807, 2.05) is 6.08 Å². The van der Waals surface area contributed by atoms with Gasteiger partial charge < -0.3 is 45.1 Å². The molecular formula is C66H123NO10. The molecule has 0 bridgehead atoms. The lowest BCUT2D eigenvalue weighted by Gasteiger charge is -2.41. The summed E-state index contributed by atoms with van der Waals surface area (Å²) in [5.74, 6) is -1.18. The molecule has 11 heteroatoms. The van der Waals surface area contributed by atoms with Gasteiger partial charge in [0.1, 0.15) is 24.4 Å². The average Bonchev–Trinajstić information content (AvgIpc) is 3.43. The van der Waals surface area contributed by atoms with Crippen molar-refractivity contribution in [3.05, 3.63) is 36.5 Å². The number of amides is 1. The molecule has 8 unspecified atom stereocenters. The van der Waals surface area contributed by atoms with Crippen LogP contribution >= 0.6 is 0 Å². The van der Waals surface area contributed by atoms with E-state index in [-0.39, 0.29) is 13.0 Å². The van der Waals surface area contributed by atoms with Gasteiger partial charge in [0.05, 0.1) is 25.4 Å². The summed E-state index contributed by atoms with van der Waals surface area (Å²) in [5.41, 5.74) is 0. The maximum absolute atomic E-state index is 13.4. The summed E-state index contributed by atoms with van der Waals surface area (Å²) in [6.45, 7) is 5.80. The van der Waals surface area contributed by atoms with Gasteiger partial charge in [-0.1, -0.05) is 282 Å². The molecular weight excluding hydrogens is 967 g/mol. The monoisotopic (exact) mass is 1090 g/mol. The van der Waals surface area contributed by atoms with Gasteiger partial charge in [-0.2, -0.15) is 0 Å². The van der Waals surface area contributed by atoms with E-state index in [1.54, 1.807) is 6.08 Å². The highest BCUT2D eigenvalue weighted by Crippen LogP contribution is 2.26. The summed E-state index contributed by atoms with van der Waals surface area (Å²) in [5, 5.41) is 57.1. The minimum Gasteiger partial charge on any atom is -0.454 e. The fourth-order valence-corrected chi connectivity index (χ4v) is 10.3. The van der Waals surface area contributed by atoms with Gasteiger partial charge in [-0.3, -0.25) is 9.59 Å². The Morgan fingerprint density at radius 3 is 1.35 bits per heavy atom. The number of hydrogen-bond acceptors (Lipinski definition) is 10. The molecule has 452 valence electrons. The number of esters is 1. The third-order valence-corrected chi connectivity index (χ3v) is 15.5. The molecule has 0 spiro atoms. The molecule has 0 radical (unpaired) electrons. The van der Waals surface area contributed by atoms with Gasteiger partial charge in [0.15, 0.2) is 12.4 Å². The molecule has 0 saturated carbocycles. The molecule has 1 saturated heterocycles. The maximum atomic E-state index is 13.4. The van der Waals surface area contributed by atoms with Crippen LogP contribution in [0.2, 0.25) is 0 Å². The van der Waals surface area contributed by atoms with E-state index < -0.39 is 67.4 Å². The second-order valence-corrected chi connectivity index (χ2v) is 22.9. The summed E-state index contributed by atoms with van der Waals surface area (Å²) in [7, 11) is 0. The lowest BCUT2D eigenvalue weighted by atomic mass is 9.99. The Kier molecular flexibility index (Phi) is 51.6. The predicted molar refractivity (Wildman–Crippen MR) is 320 cm³/mol. The Hall–Kier alpha value is -2.12. The van der Waals surface area contributed by atoms with Crippen molar-refractivity contribution < 1.29 is 49.3 Å². The number of unbranched alkanes of at least 4 members (excludes halogenated alkanes) is 38. The van der Waals surface area contributed by atoms with Crippen LogP contribution in [0.25, 0.3) is 0 Å². The number of nitrogens with one attached hydrogen (secondary N) is 1. The van der Waals surface area contributed by atoms with E-state index in [4.69, 9.17) is 14.2 Å². The van der Waals surface area contributed by atoms with E-state index in [0.29, 0.717) is 19.3 Å². The van der Waals surface area contributed by atoms with Crippen LogP contribution in [0.15, 0.2) is 36.5 Å². The van der Waals surface area contributed by atoms with Crippen LogP contribution in [0.5, 0.6) is 0 Å². The maximum Gasteiger partial charge on any atom is 0.306 e. The van der Waals surface area contributed by atoms with E-state index >= 15 is 0 Å². The van der Waals surface area contributed by atoms with Crippen molar-refractivity contribution in [1.82, 2.24) is 5.32 Å². The molecule has 0 aliphatic carbocycles. The van der Waals surface area contributed by atoms with Gasteiger partial charge in [-0.25, -0.2) is 0 Å². The predicted octanol–water partition coefficient (Wildman–Crippen LogP) is 15.8. The largest absolute Gasteiger partial charge is 0.454 e. The van der Waals surface area contributed by atoms with Crippen LogP contribution in [0.1, 0.15) is 310 Å². The first-order valence-electron chi connectivity index (χ1n) is 32.8. The van der Waals surface area contributed by atoms with Crippen molar-refractivity contribution in [1.29, 1.82) is 0 Å². The summed E-state index contributed by atoms with van der Waals surface area (Å²) >= 11 is 0. The first kappa shape index (κ1) is 72.9. The number of rotatable bonds is 56. The molecule has 1 aliphatic rings. The van der Waals surface area contributed by atoms with Gasteiger partial charge in [0.25, 0.3) is 0 Å². The number of carbonyl (C=O) groups is 2. The molecule has 11 nitrogen and oxygen atoms in total. The molecule has 1 heterocycles. The minimum absolute atomic E-state index is 0.128. The normalized spacial score (nSPS) is 19.2. The van der Waals surface area contributed by atoms with Gasteiger partial charge in [-0.05, 0) is 57.8 Å². The molecule has 1 aliphatic heterocycles. The lowest BCUT2D eigenvalue weighted by Crippen LogP contribution is -2.61. The third-order valence-electron chi connectivity index (χ3n) is 15.5. The van der Waals surface area contributed by atoms with Crippen LogP contribution < -0.4 is 5.32 Å². The quantitative estimate of drug-likeness (QED) is 0.0195. The van der Waals surface area contributed by atoms with Crippen molar-refractivity contribution in [2.24, 2.45) is 0 Å². The zero-order valence-electron chi connectivity index (χ0n) is 50.1. The highest BCUT2D eigenvalue weighted by atomic mass is 16.7. The molecule has 0 aromatic heterocycles. The highest BCUT2D eigenvalue weighted by molar-refractivity contribution is 5.80. The van der Waals surface area contributed by atoms with Gasteiger partial charge in [-0.15, -0.1) is 0 Å². The Balaban J connectivity index is 2.65. The van der Waals surface area contributed by atoms with E-state index in [1.165, 1.54) is 193 Å². The zero-order chi connectivity index (χ0) is 56.1. The topological polar surface area (TPSA) is 175 Å². The van der Waals surface area contributed by atoms with Gasteiger partial charge in [0, 0.05) is 6.42 Å². The fraction of sp³-hybridized carbons (Fsp3) is 0.879. The van der Waals surface area contributed by atoms with E-state index in [9.17, 15) is 35.1 Å². The molecule has 1 fully saturated rings. The Bertz CT molecular complexity index is 1390. The van der Waals surface area contributed by atoms with Gasteiger partial charge >= 0.3 is 5.97 Å². The zero-order valence-corrected chi connectivity index (χ0v) is 50.1. The number of ether oxygens (including phenoxy) is 3. The first-order valence-corrected chi connectivity index (χ1v) is 32.8. The molecule has 1 amide bonds. The fourth-order valence-electron chi connectivity index (χ4n) is 10.3. The van der Waals surface area contributed by atoms with Crippen molar-refractivity contribution in [3.8, 4) is 0 Å². The lowest BCUT2D eigenvalue weighted by molar-refractivity contribution is -0.305. The molecule has 77 heavy (non-hydrogen) atoms. The Morgan fingerprint density at radius 2 is 0.896 bits per heavy atom. The van der Waals surface area contributed by atoms with Crippen LogP contribution in [0, 0.1) is 0 Å². The summed E-state index contributed by atoms with van der Waals surface area (Å²) in [6.07, 6.45) is 54.6. The third kappa shape index (κ3) is 42.4. The second-order valence-electron chi connectivity index (χ2n) is 22.9.